The molecule has 1 aromatic heterocycles. The average molecular weight is 286 g/mol. The van der Waals surface area contributed by atoms with Gasteiger partial charge in [-0.15, -0.1) is 0 Å². The average Bonchev–Trinajstić information content (AvgIpc) is 2.37. The number of nitrogen functional groups attached to an aromatic ring is 1. The predicted molar refractivity (Wildman–Crippen MR) is 77.9 cm³/mol. The predicted octanol–water partition coefficient (Wildman–Crippen LogP) is 2.68. The molecule has 2 rings (SSSR count). The molecular weight excluding hydrogens is 272 g/mol. The second-order valence-corrected chi connectivity index (χ2v) is 4.50. The third kappa shape index (κ3) is 2.97. The van der Waals surface area contributed by atoms with Crippen LogP contribution in [0.4, 0.5) is 5.69 Å². The number of nitro groups is 1. The fraction of sp³-hybridized carbons (Fsp3) is 0.143. The van der Waals surface area contributed by atoms with Crippen molar-refractivity contribution in [1.82, 2.24) is 4.98 Å². The summed E-state index contributed by atoms with van der Waals surface area (Å²) >= 11 is 0. The van der Waals surface area contributed by atoms with Crippen molar-refractivity contribution in [2.75, 3.05) is 0 Å². The lowest BCUT2D eigenvalue weighted by Crippen LogP contribution is -2.15. The number of rotatable bonds is 4. The Balaban J connectivity index is 2.54. The highest BCUT2D eigenvalue weighted by molar-refractivity contribution is 5.98. The van der Waals surface area contributed by atoms with Gasteiger partial charge in [-0.3, -0.25) is 15.5 Å². The van der Waals surface area contributed by atoms with E-state index in [9.17, 15) is 10.1 Å². The third-order valence-electron chi connectivity index (χ3n) is 2.85. The van der Waals surface area contributed by atoms with E-state index in [4.69, 9.17) is 15.9 Å². The Morgan fingerprint density at radius 3 is 2.67 bits per heavy atom. The van der Waals surface area contributed by atoms with Crippen LogP contribution in [-0.2, 0) is 0 Å². The van der Waals surface area contributed by atoms with E-state index in [1.807, 2.05) is 0 Å². The number of nitrogens with one attached hydrogen (secondary N) is 1. The maximum absolute atomic E-state index is 11.0. The number of nitrogens with zero attached hydrogens (tertiary/aromatic N) is 2. The van der Waals surface area contributed by atoms with Crippen LogP contribution in [0.2, 0.25) is 0 Å². The Bertz CT molecular complexity index is 728. The monoisotopic (exact) mass is 286 g/mol. The summed E-state index contributed by atoms with van der Waals surface area (Å²) in [5, 5.41) is 18.6. The summed E-state index contributed by atoms with van der Waals surface area (Å²) in [6.45, 7) is 3.54. The van der Waals surface area contributed by atoms with Gasteiger partial charge in [-0.25, -0.2) is 4.98 Å². The van der Waals surface area contributed by atoms with Crippen molar-refractivity contribution in [3.05, 3.63) is 57.3 Å². The topological polar surface area (TPSA) is 115 Å². The molecule has 2 aromatic rings. The summed E-state index contributed by atoms with van der Waals surface area (Å²) in [6, 6.07) is 7.75. The maximum atomic E-state index is 11.0. The second kappa shape index (κ2) is 5.58. The zero-order chi connectivity index (χ0) is 15.6. The van der Waals surface area contributed by atoms with Crippen molar-refractivity contribution in [3.63, 3.8) is 0 Å². The number of aryl methyl sites for hydroxylation is 2. The van der Waals surface area contributed by atoms with Crippen LogP contribution in [0.15, 0.2) is 30.3 Å². The molecular formula is C14H14N4O3. The van der Waals surface area contributed by atoms with E-state index in [-0.39, 0.29) is 23.2 Å². The minimum absolute atomic E-state index is 0.0579. The van der Waals surface area contributed by atoms with Crippen molar-refractivity contribution in [3.8, 4) is 11.6 Å². The van der Waals surface area contributed by atoms with Crippen LogP contribution in [0.5, 0.6) is 11.6 Å². The van der Waals surface area contributed by atoms with E-state index in [2.05, 4.69) is 4.98 Å². The van der Waals surface area contributed by atoms with Crippen LogP contribution in [0.1, 0.15) is 16.8 Å². The lowest BCUT2D eigenvalue weighted by Gasteiger charge is -2.12. The second-order valence-electron chi connectivity index (χ2n) is 4.50. The summed E-state index contributed by atoms with van der Waals surface area (Å²) in [7, 11) is 0. The summed E-state index contributed by atoms with van der Waals surface area (Å²) in [5.74, 6) is -0.0506. The SMILES string of the molecule is Cc1cc(C)c(C(=N)N)c(Oc2ccccc2[N+](=O)[O-])n1. The Labute approximate surface area is 121 Å². The number of nitro benzene ring substituents is 1. The quantitative estimate of drug-likeness (QED) is 0.388. The van der Waals surface area contributed by atoms with Gasteiger partial charge in [-0.1, -0.05) is 12.1 Å². The normalized spacial score (nSPS) is 10.2. The fourth-order valence-electron chi connectivity index (χ4n) is 2.00. The summed E-state index contributed by atoms with van der Waals surface area (Å²) in [5.41, 5.74) is 7.10. The number of hydrogen-bond donors (Lipinski definition) is 2. The molecule has 1 heterocycles. The molecule has 1 aromatic carbocycles. The molecule has 7 heteroatoms. The number of para-hydroxylation sites is 2. The number of pyridine rings is 1. The standard InChI is InChI=1S/C14H14N4O3/c1-8-7-9(2)17-14(12(8)13(15)16)21-11-6-4-3-5-10(11)18(19)20/h3-7H,1-2H3,(H3,15,16). The number of ether oxygens (including phenoxy) is 1. The number of nitrogens with two attached hydrogens (primary N) is 1. The first-order valence-electron chi connectivity index (χ1n) is 6.14. The Morgan fingerprint density at radius 1 is 1.38 bits per heavy atom. The van der Waals surface area contributed by atoms with Crippen LogP contribution >= 0.6 is 0 Å². The van der Waals surface area contributed by atoms with Gasteiger partial charge < -0.3 is 10.5 Å². The molecule has 0 fully saturated rings. The number of hydrogen-bond acceptors (Lipinski definition) is 5. The molecule has 0 radical (unpaired) electrons. The van der Waals surface area contributed by atoms with Crippen LogP contribution in [-0.4, -0.2) is 15.7 Å². The zero-order valence-corrected chi connectivity index (χ0v) is 11.6. The molecule has 0 unspecified atom stereocenters. The molecule has 0 amide bonds. The maximum Gasteiger partial charge on any atom is 0.311 e. The minimum atomic E-state index is -0.536. The highest BCUT2D eigenvalue weighted by Gasteiger charge is 2.19. The molecule has 0 aliphatic carbocycles. The van der Waals surface area contributed by atoms with Crippen molar-refractivity contribution in [2.45, 2.75) is 13.8 Å². The van der Waals surface area contributed by atoms with Crippen molar-refractivity contribution >= 4 is 11.5 Å². The van der Waals surface area contributed by atoms with Gasteiger partial charge in [0.15, 0.2) is 0 Å². The molecule has 0 aliphatic rings. The summed E-state index contributed by atoms with van der Waals surface area (Å²) in [6.07, 6.45) is 0. The van der Waals surface area contributed by atoms with Gasteiger partial charge >= 0.3 is 5.69 Å². The van der Waals surface area contributed by atoms with Gasteiger partial charge in [0.1, 0.15) is 5.84 Å². The van der Waals surface area contributed by atoms with Crippen molar-refractivity contribution in [1.29, 1.82) is 5.41 Å². The molecule has 0 saturated heterocycles. The first-order valence-corrected chi connectivity index (χ1v) is 6.14. The van der Waals surface area contributed by atoms with Gasteiger partial charge in [0.2, 0.25) is 11.6 Å². The zero-order valence-electron chi connectivity index (χ0n) is 11.6. The van der Waals surface area contributed by atoms with E-state index in [0.717, 1.165) is 5.56 Å². The van der Waals surface area contributed by atoms with Gasteiger partial charge in [0.25, 0.3) is 0 Å². The Morgan fingerprint density at radius 2 is 2.05 bits per heavy atom. The van der Waals surface area contributed by atoms with E-state index in [1.54, 1.807) is 32.0 Å². The lowest BCUT2D eigenvalue weighted by molar-refractivity contribution is -0.385. The number of aromatic nitrogens is 1. The Hall–Kier alpha value is -2.96. The Kier molecular flexibility index (Phi) is 3.84. The highest BCUT2D eigenvalue weighted by atomic mass is 16.6. The van der Waals surface area contributed by atoms with Gasteiger partial charge in [0.05, 0.1) is 10.5 Å². The summed E-state index contributed by atoms with van der Waals surface area (Å²) < 4.78 is 5.55. The molecule has 108 valence electrons. The molecule has 7 nitrogen and oxygen atoms in total. The largest absolute Gasteiger partial charge is 0.431 e. The molecule has 3 N–H and O–H groups in total. The molecule has 0 aliphatic heterocycles. The molecule has 0 atom stereocenters. The van der Waals surface area contributed by atoms with E-state index in [0.29, 0.717) is 11.3 Å². The van der Waals surface area contributed by atoms with Gasteiger partial charge in [-0.05, 0) is 31.5 Å². The molecule has 0 saturated carbocycles. The van der Waals surface area contributed by atoms with Crippen molar-refractivity contribution < 1.29 is 9.66 Å². The van der Waals surface area contributed by atoms with E-state index >= 15 is 0 Å². The van der Waals surface area contributed by atoms with Crippen LogP contribution < -0.4 is 10.5 Å². The van der Waals surface area contributed by atoms with E-state index in [1.165, 1.54) is 12.1 Å². The smallest absolute Gasteiger partial charge is 0.311 e. The third-order valence-corrected chi connectivity index (χ3v) is 2.85. The molecule has 21 heavy (non-hydrogen) atoms. The van der Waals surface area contributed by atoms with Crippen LogP contribution in [0, 0.1) is 29.4 Å². The minimum Gasteiger partial charge on any atom is -0.431 e. The van der Waals surface area contributed by atoms with Crippen molar-refractivity contribution in [2.24, 2.45) is 5.73 Å². The van der Waals surface area contributed by atoms with Gasteiger partial charge in [0, 0.05) is 11.8 Å². The fourth-order valence-corrected chi connectivity index (χ4v) is 2.00. The molecule has 0 bridgehead atoms. The highest BCUT2D eigenvalue weighted by Crippen LogP contribution is 2.32. The molecule has 0 spiro atoms. The first kappa shape index (κ1) is 14.4. The van der Waals surface area contributed by atoms with Crippen LogP contribution in [0.3, 0.4) is 0 Å². The van der Waals surface area contributed by atoms with Crippen LogP contribution in [0.25, 0.3) is 0 Å². The van der Waals surface area contributed by atoms with E-state index < -0.39 is 4.92 Å². The summed E-state index contributed by atoms with van der Waals surface area (Å²) in [4.78, 5) is 14.7. The lowest BCUT2D eigenvalue weighted by atomic mass is 10.1. The van der Waals surface area contributed by atoms with Gasteiger partial charge in [-0.2, -0.15) is 0 Å². The number of amidine groups is 1. The number of benzene rings is 1. The first-order chi connectivity index (χ1) is 9.90.